The highest BCUT2D eigenvalue weighted by Crippen LogP contribution is 2.35. The van der Waals surface area contributed by atoms with Crippen molar-refractivity contribution in [3.8, 4) is 0 Å². The van der Waals surface area contributed by atoms with Crippen LogP contribution in [-0.4, -0.2) is 64.0 Å². The molecule has 132 valence electrons. The second kappa shape index (κ2) is 6.48. The second-order valence-electron chi connectivity index (χ2n) is 6.99. The third kappa shape index (κ3) is 2.97. The lowest BCUT2D eigenvalue weighted by molar-refractivity contribution is 0.137. The van der Waals surface area contributed by atoms with E-state index in [9.17, 15) is 8.60 Å². The zero-order valence-corrected chi connectivity index (χ0v) is 14.6. The third-order valence-electron chi connectivity index (χ3n) is 5.38. The average molecular weight is 353 g/mol. The molecule has 0 radical (unpaired) electrons. The van der Waals surface area contributed by atoms with Gasteiger partial charge in [-0.05, 0) is 37.5 Å². The van der Waals surface area contributed by atoms with Crippen molar-refractivity contribution < 1.29 is 8.60 Å². The van der Waals surface area contributed by atoms with E-state index in [1.54, 1.807) is 10.6 Å². The molecule has 3 aliphatic heterocycles. The Bertz CT molecular complexity index is 616. The molecular weight excluding hydrogens is 329 g/mol. The molecule has 2 N–H and O–H groups in total. The fourth-order valence-corrected chi connectivity index (χ4v) is 5.34. The first-order valence-corrected chi connectivity index (χ1v) is 9.84. The topological polar surface area (TPSA) is 60.0 Å². The van der Waals surface area contributed by atoms with Gasteiger partial charge in [0.1, 0.15) is 18.2 Å². The lowest BCUT2D eigenvalue weighted by Gasteiger charge is -2.44. The van der Waals surface area contributed by atoms with E-state index in [2.05, 4.69) is 33.6 Å². The molecule has 0 spiro atoms. The van der Waals surface area contributed by atoms with E-state index in [1.165, 1.54) is 0 Å². The van der Waals surface area contributed by atoms with Crippen LogP contribution in [0.5, 0.6) is 0 Å². The van der Waals surface area contributed by atoms with E-state index in [4.69, 9.17) is 0 Å². The van der Waals surface area contributed by atoms with Crippen molar-refractivity contribution in [1.82, 2.24) is 19.8 Å². The largest absolute Gasteiger partial charge is 0.366 e. The summed E-state index contributed by atoms with van der Waals surface area (Å²) in [4.78, 5) is 6.64. The molecule has 4 rings (SSSR count). The van der Waals surface area contributed by atoms with Crippen LogP contribution in [0.2, 0.25) is 0 Å². The molecule has 0 aromatic carbocycles. The summed E-state index contributed by atoms with van der Waals surface area (Å²) in [5, 5.41) is 6.47. The Balaban J connectivity index is 1.30. The number of hydrogen-bond donors (Lipinski definition) is 2. The summed E-state index contributed by atoms with van der Waals surface area (Å²) in [6.45, 7) is 0.965. The van der Waals surface area contributed by atoms with Gasteiger partial charge in [0.15, 0.2) is 0 Å². The van der Waals surface area contributed by atoms with Gasteiger partial charge in [0, 0.05) is 37.5 Å². The fourth-order valence-electron chi connectivity index (χ4n) is 3.82. The van der Waals surface area contributed by atoms with Crippen molar-refractivity contribution in [2.75, 3.05) is 25.9 Å². The molecule has 6 nitrogen and oxygen atoms in total. The van der Waals surface area contributed by atoms with E-state index in [0.29, 0.717) is 37.2 Å². The van der Waals surface area contributed by atoms with E-state index in [-0.39, 0.29) is 6.17 Å². The lowest BCUT2D eigenvalue weighted by atomic mass is 9.80. The van der Waals surface area contributed by atoms with Crippen molar-refractivity contribution >= 4 is 17.3 Å². The molecule has 2 fully saturated rings. The standard InChI is InChI=1S/C16H24FN5OS/c1-21(16-14-2-4-18-15(14)19-10-20-16)13-6-11(7-13)9-24(23)22-5-3-12(17)8-22/h2,4,10-13,15,18H,3,5-9H2,1H3,(H,19,20). The molecule has 3 atom stereocenters. The lowest BCUT2D eigenvalue weighted by Crippen LogP contribution is -2.48. The Morgan fingerprint density at radius 1 is 1.50 bits per heavy atom. The van der Waals surface area contributed by atoms with E-state index < -0.39 is 17.2 Å². The predicted octanol–water partition coefficient (Wildman–Crippen LogP) is 0.690. The summed E-state index contributed by atoms with van der Waals surface area (Å²) in [6, 6.07) is 0.454. The first-order valence-electron chi connectivity index (χ1n) is 8.57. The second-order valence-corrected chi connectivity index (χ2v) is 8.49. The molecule has 1 saturated carbocycles. The molecule has 0 aromatic rings. The first-order chi connectivity index (χ1) is 11.6. The van der Waals surface area contributed by atoms with Crippen LogP contribution in [0.25, 0.3) is 0 Å². The van der Waals surface area contributed by atoms with E-state index in [0.717, 1.165) is 24.2 Å². The van der Waals surface area contributed by atoms with Crippen LogP contribution in [0.3, 0.4) is 0 Å². The quantitative estimate of drug-likeness (QED) is 0.764. The maximum Gasteiger partial charge on any atom is 0.149 e. The summed E-state index contributed by atoms with van der Waals surface area (Å²) >= 11 is 0. The number of nitrogens with one attached hydrogen (secondary N) is 2. The van der Waals surface area contributed by atoms with Gasteiger partial charge in [-0.15, -0.1) is 0 Å². The van der Waals surface area contributed by atoms with Crippen LogP contribution in [0.15, 0.2) is 28.7 Å². The molecule has 3 unspecified atom stereocenters. The summed E-state index contributed by atoms with van der Waals surface area (Å²) in [5.41, 5.74) is 1.16. The molecule has 0 amide bonds. The Labute approximate surface area is 144 Å². The molecule has 3 heterocycles. The Morgan fingerprint density at radius 2 is 2.33 bits per heavy atom. The van der Waals surface area contributed by atoms with Gasteiger partial charge in [0.2, 0.25) is 0 Å². The van der Waals surface area contributed by atoms with Crippen LogP contribution in [0.1, 0.15) is 19.3 Å². The molecule has 0 bridgehead atoms. The number of hydrogen-bond acceptors (Lipinski definition) is 5. The van der Waals surface area contributed by atoms with Crippen LogP contribution >= 0.6 is 0 Å². The third-order valence-corrected chi connectivity index (χ3v) is 7.05. The summed E-state index contributed by atoms with van der Waals surface area (Å²) in [7, 11) is 1.07. The van der Waals surface area contributed by atoms with Crippen molar-refractivity contribution in [2.24, 2.45) is 10.9 Å². The number of alkyl halides is 1. The minimum Gasteiger partial charge on any atom is -0.366 e. The monoisotopic (exact) mass is 353 g/mol. The Morgan fingerprint density at radius 3 is 3.08 bits per heavy atom. The summed E-state index contributed by atoms with van der Waals surface area (Å²) in [5.74, 6) is 2.23. The van der Waals surface area contributed by atoms with Gasteiger partial charge < -0.3 is 15.5 Å². The van der Waals surface area contributed by atoms with Crippen molar-refractivity contribution in [3.05, 3.63) is 23.7 Å². The normalized spacial score (nSPS) is 36.1. The zero-order valence-electron chi connectivity index (χ0n) is 13.8. The average Bonchev–Trinajstić information content (AvgIpc) is 3.17. The van der Waals surface area contributed by atoms with Gasteiger partial charge in [-0.2, -0.15) is 0 Å². The molecule has 1 aliphatic carbocycles. The van der Waals surface area contributed by atoms with Crippen molar-refractivity contribution in [3.63, 3.8) is 0 Å². The van der Waals surface area contributed by atoms with Gasteiger partial charge in [-0.25, -0.2) is 17.9 Å². The minimum absolute atomic E-state index is 0.0240. The number of nitrogens with zero attached hydrogens (tertiary/aromatic N) is 3. The molecular formula is C16H24FN5OS. The highest BCUT2D eigenvalue weighted by atomic mass is 32.2. The molecule has 24 heavy (non-hydrogen) atoms. The fraction of sp³-hybridized carbons (Fsp3) is 0.688. The summed E-state index contributed by atoms with van der Waals surface area (Å²) in [6.07, 6.45) is 7.55. The van der Waals surface area contributed by atoms with Crippen LogP contribution in [0.4, 0.5) is 4.39 Å². The van der Waals surface area contributed by atoms with Gasteiger partial charge in [-0.1, -0.05) is 0 Å². The van der Waals surface area contributed by atoms with Crippen LogP contribution in [0, 0.1) is 5.92 Å². The smallest absolute Gasteiger partial charge is 0.149 e. The van der Waals surface area contributed by atoms with Crippen molar-refractivity contribution in [1.29, 1.82) is 0 Å². The number of aliphatic imine (C=N–C) groups is 1. The van der Waals surface area contributed by atoms with E-state index >= 15 is 0 Å². The number of halogens is 1. The minimum atomic E-state index is -1.03. The highest BCUT2D eigenvalue weighted by Gasteiger charge is 2.37. The molecule has 1 saturated heterocycles. The van der Waals surface area contributed by atoms with Gasteiger partial charge in [-0.3, -0.25) is 0 Å². The maximum absolute atomic E-state index is 13.2. The first kappa shape index (κ1) is 16.1. The SMILES string of the molecule is CN(C1=C2C=CNC2N=CN1)C1CC(CS(=O)N2CCC(F)C2)C1. The molecule has 0 aromatic heterocycles. The predicted molar refractivity (Wildman–Crippen MR) is 93.1 cm³/mol. The Hall–Kier alpha value is -1.41. The van der Waals surface area contributed by atoms with Crippen LogP contribution < -0.4 is 10.6 Å². The number of fused-ring (bicyclic) bond motifs is 1. The van der Waals surface area contributed by atoms with Gasteiger partial charge in [0.25, 0.3) is 0 Å². The molecule has 8 heteroatoms. The zero-order chi connectivity index (χ0) is 16.7. The highest BCUT2D eigenvalue weighted by molar-refractivity contribution is 7.82. The van der Waals surface area contributed by atoms with Gasteiger partial charge in [0.05, 0.1) is 17.3 Å². The number of rotatable bonds is 5. The van der Waals surface area contributed by atoms with Gasteiger partial charge >= 0.3 is 0 Å². The Kier molecular flexibility index (Phi) is 4.34. The van der Waals surface area contributed by atoms with Crippen molar-refractivity contribution in [2.45, 2.75) is 37.6 Å². The van der Waals surface area contributed by atoms with E-state index in [1.807, 2.05) is 6.20 Å². The summed E-state index contributed by atoms with van der Waals surface area (Å²) < 4.78 is 27.4. The van der Waals surface area contributed by atoms with Crippen LogP contribution in [-0.2, 0) is 11.0 Å². The maximum atomic E-state index is 13.2. The molecule has 4 aliphatic rings.